The van der Waals surface area contributed by atoms with Crippen molar-refractivity contribution in [2.24, 2.45) is 0 Å². The van der Waals surface area contributed by atoms with Crippen LogP contribution in [0.5, 0.6) is 5.75 Å². The third kappa shape index (κ3) is 4.31. The van der Waals surface area contributed by atoms with Crippen LogP contribution in [-0.4, -0.2) is 34.3 Å². The van der Waals surface area contributed by atoms with Crippen LogP contribution in [0.15, 0.2) is 36.5 Å². The number of thiazole rings is 1. The van der Waals surface area contributed by atoms with Gasteiger partial charge in [0.05, 0.1) is 22.4 Å². The van der Waals surface area contributed by atoms with E-state index in [1.165, 1.54) is 0 Å². The molecule has 142 valence electrons. The van der Waals surface area contributed by atoms with E-state index in [9.17, 15) is 5.11 Å². The highest BCUT2D eigenvalue weighted by atomic mass is 32.1. The summed E-state index contributed by atoms with van der Waals surface area (Å²) in [6.45, 7) is 0.487. The Morgan fingerprint density at radius 1 is 1.22 bits per heavy atom. The number of anilines is 2. The van der Waals surface area contributed by atoms with Gasteiger partial charge in [0.25, 0.3) is 0 Å². The molecular formula is C20H24N4O2S. The summed E-state index contributed by atoms with van der Waals surface area (Å²) in [5, 5.41) is 17.5. The summed E-state index contributed by atoms with van der Waals surface area (Å²) >= 11 is 1.60. The molecule has 1 aromatic carbocycles. The summed E-state index contributed by atoms with van der Waals surface area (Å²) in [4.78, 5) is 8.86. The van der Waals surface area contributed by atoms with Crippen LogP contribution in [-0.2, 0) is 6.61 Å². The summed E-state index contributed by atoms with van der Waals surface area (Å²) in [6, 6.07) is 9.97. The Hall–Kier alpha value is -2.38. The van der Waals surface area contributed by atoms with Crippen LogP contribution in [0, 0.1) is 0 Å². The average Bonchev–Trinajstić information content (AvgIpc) is 3.10. The molecule has 27 heavy (non-hydrogen) atoms. The van der Waals surface area contributed by atoms with E-state index in [0.29, 0.717) is 6.61 Å². The van der Waals surface area contributed by atoms with Crippen molar-refractivity contribution in [2.75, 3.05) is 17.7 Å². The van der Waals surface area contributed by atoms with Gasteiger partial charge in [0.15, 0.2) is 5.13 Å². The van der Waals surface area contributed by atoms with Gasteiger partial charge < -0.3 is 20.5 Å². The third-order valence-electron chi connectivity index (χ3n) is 4.88. The maximum absolute atomic E-state index is 10.2. The van der Waals surface area contributed by atoms with Crippen LogP contribution in [0.4, 0.5) is 10.9 Å². The molecule has 1 unspecified atom stereocenters. The molecule has 1 aliphatic carbocycles. The Morgan fingerprint density at radius 2 is 2.11 bits per heavy atom. The highest BCUT2D eigenvalue weighted by Gasteiger charge is 2.23. The molecule has 0 bridgehead atoms. The van der Waals surface area contributed by atoms with Crippen LogP contribution in [0.25, 0.3) is 10.2 Å². The second kappa shape index (κ2) is 8.10. The van der Waals surface area contributed by atoms with Crippen molar-refractivity contribution >= 4 is 32.5 Å². The molecule has 0 radical (unpaired) electrons. The van der Waals surface area contributed by atoms with Crippen molar-refractivity contribution in [2.45, 2.75) is 44.4 Å². The van der Waals surface area contributed by atoms with Gasteiger partial charge in [-0.1, -0.05) is 24.2 Å². The molecular weight excluding hydrogens is 360 g/mol. The van der Waals surface area contributed by atoms with E-state index in [2.05, 4.69) is 20.6 Å². The second-order valence-corrected chi connectivity index (χ2v) is 7.87. The molecule has 0 spiro atoms. The molecule has 4 rings (SSSR count). The zero-order chi connectivity index (χ0) is 18.6. The Kier molecular flexibility index (Phi) is 5.40. The molecule has 3 aromatic rings. The van der Waals surface area contributed by atoms with E-state index in [1.807, 2.05) is 37.4 Å². The number of pyridine rings is 1. The van der Waals surface area contributed by atoms with Crippen LogP contribution in [0.2, 0.25) is 0 Å². The highest BCUT2D eigenvalue weighted by Crippen LogP contribution is 2.31. The Labute approximate surface area is 162 Å². The number of hydrogen-bond donors (Lipinski definition) is 3. The number of hydrogen-bond acceptors (Lipinski definition) is 7. The standard InChI is InChI=1S/C20H24N4O2S/c1-21-19-10-13(8-9-22-19)12-26-14-6-7-16-18(11-14)27-20(24-16)23-15-4-2-3-5-17(15)25/h6-11,15,17,25H,2-5,12H2,1H3,(H,21,22)(H,23,24)/t15?,17-/m1/s1. The van der Waals surface area contributed by atoms with Crippen molar-refractivity contribution in [3.8, 4) is 5.75 Å². The van der Waals surface area contributed by atoms with Crippen molar-refractivity contribution < 1.29 is 9.84 Å². The van der Waals surface area contributed by atoms with Crippen molar-refractivity contribution in [1.29, 1.82) is 0 Å². The lowest BCUT2D eigenvalue weighted by molar-refractivity contribution is 0.116. The second-order valence-electron chi connectivity index (χ2n) is 6.84. The fourth-order valence-electron chi connectivity index (χ4n) is 3.36. The first kappa shape index (κ1) is 18.0. The number of rotatable bonds is 6. The van der Waals surface area contributed by atoms with Gasteiger partial charge in [-0.3, -0.25) is 0 Å². The molecule has 1 aliphatic rings. The Morgan fingerprint density at radius 3 is 2.96 bits per heavy atom. The Bertz CT molecular complexity index is 914. The van der Waals surface area contributed by atoms with E-state index in [0.717, 1.165) is 58.2 Å². The normalized spacial score (nSPS) is 19.8. The molecule has 0 amide bonds. The number of aromatic nitrogens is 2. The zero-order valence-corrected chi connectivity index (χ0v) is 16.1. The third-order valence-corrected chi connectivity index (χ3v) is 5.83. The quantitative estimate of drug-likeness (QED) is 0.596. The number of ether oxygens (including phenoxy) is 1. The SMILES string of the molecule is CNc1cc(COc2ccc3nc(NC4CCCC[C@H]4O)sc3c2)ccn1. The molecule has 6 nitrogen and oxygen atoms in total. The van der Waals surface area contributed by atoms with E-state index in [4.69, 9.17) is 4.74 Å². The molecule has 2 aromatic heterocycles. The summed E-state index contributed by atoms with van der Waals surface area (Å²) in [7, 11) is 1.85. The smallest absolute Gasteiger partial charge is 0.184 e. The zero-order valence-electron chi connectivity index (χ0n) is 15.3. The van der Waals surface area contributed by atoms with Gasteiger partial charge in [0.2, 0.25) is 0 Å². The topological polar surface area (TPSA) is 79.3 Å². The van der Waals surface area contributed by atoms with Gasteiger partial charge in [0, 0.05) is 13.2 Å². The van der Waals surface area contributed by atoms with Crippen LogP contribution < -0.4 is 15.4 Å². The highest BCUT2D eigenvalue weighted by molar-refractivity contribution is 7.22. The summed E-state index contributed by atoms with van der Waals surface area (Å²) in [5.41, 5.74) is 2.01. The van der Waals surface area contributed by atoms with E-state index >= 15 is 0 Å². The lowest BCUT2D eigenvalue weighted by Gasteiger charge is -2.27. The maximum Gasteiger partial charge on any atom is 0.184 e. The van der Waals surface area contributed by atoms with Gasteiger partial charge in [-0.05, 0) is 48.7 Å². The first-order valence-electron chi connectivity index (χ1n) is 9.32. The first-order chi connectivity index (χ1) is 13.2. The first-order valence-corrected chi connectivity index (χ1v) is 10.1. The largest absolute Gasteiger partial charge is 0.489 e. The molecule has 0 saturated heterocycles. The summed E-state index contributed by atoms with van der Waals surface area (Å²) in [6.07, 6.45) is 5.60. The van der Waals surface area contributed by atoms with Gasteiger partial charge in [-0.25, -0.2) is 9.97 Å². The number of aliphatic hydroxyl groups is 1. The molecule has 1 saturated carbocycles. The molecule has 0 aliphatic heterocycles. The van der Waals surface area contributed by atoms with Crippen molar-refractivity contribution in [1.82, 2.24) is 9.97 Å². The average molecular weight is 385 g/mol. The lowest BCUT2D eigenvalue weighted by atomic mass is 9.93. The fourth-order valence-corrected chi connectivity index (χ4v) is 4.32. The monoisotopic (exact) mass is 384 g/mol. The van der Waals surface area contributed by atoms with Gasteiger partial charge in [-0.15, -0.1) is 0 Å². The minimum Gasteiger partial charge on any atom is -0.489 e. The predicted octanol–water partition coefficient (Wildman–Crippen LogP) is 4.03. The van der Waals surface area contributed by atoms with Gasteiger partial charge in [0.1, 0.15) is 18.2 Å². The molecule has 2 heterocycles. The van der Waals surface area contributed by atoms with E-state index in [-0.39, 0.29) is 12.1 Å². The number of nitrogens with zero attached hydrogens (tertiary/aromatic N) is 2. The predicted molar refractivity (Wildman–Crippen MR) is 110 cm³/mol. The minimum absolute atomic E-state index is 0.100. The summed E-state index contributed by atoms with van der Waals surface area (Å²) in [5.74, 6) is 1.65. The lowest BCUT2D eigenvalue weighted by Crippen LogP contribution is -2.36. The van der Waals surface area contributed by atoms with E-state index < -0.39 is 0 Å². The minimum atomic E-state index is -0.285. The van der Waals surface area contributed by atoms with Crippen LogP contribution in [0.3, 0.4) is 0 Å². The number of fused-ring (bicyclic) bond motifs is 1. The number of aliphatic hydroxyl groups excluding tert-OH is 1. The molecule has 3 N–H and O–H groups in total. The number of nitrogens with one attached hydrogen (secondary N) is 2. The van der Waals surface area contributed by atoms with Crippen molar-refractivity contribution in [3.05, 3.63) is 42.1 Å². The fraction of sp³-hybridized carbons (Fsp3) is 0.400. The molecule has 1 fully saturated rings. The number of benzene rings is 1. The van der Waals surface area contributed by atoms with Crippen LogP contribution >= 0.6 is 11.3 Å². The molecule has 2 atom stereocenters. The van der Waals surface area contributed by atoms with Gasteiger partial charge >= 0.3 is 0 Å². The molecule has 7 heteroatoms. The van der Waals surface area contributed by atoms with Crippen LogP contribution in [0.1, 0.15) is 31.2 Å². The Balaban J connectivity index is 1.44. The van der Waals surface area contributed by atoms with Crippen molar-refractivity contribution in [3.63, 3.8) is 0 Å². The van der Waals surface area contributed by atoms with Gasteiger partial charge in [-0.2, -0.15) is 0 Å². The summed E-state index contributed by atoms with van der Waals surface area (Å²) < 4.78 is 7.01. The maximum atomic E-state index is 10.2. The van der Waals surface area contributed by atoms with E-state index in [1.54, 1.807) is 17.5 Å².